The minimum atomic E-state index is -0.859. The zero-order chi connectivity index (χ0) is 18.6. The predicted octanol–water partition coefficient (Wildman–Crippen LogP) is 5.40. The number of nitrogens with zero attached hydrogens (tertiary/aromatic N) is 2. The summed E-state index contributed by atoms with van der Waals surface area (Å²) in [4.78, 5) is 7.76. The predicted molar refractivity (Wildman–Crippen MR) is 95.9 cm³/mol. The third-order valence-electron chi connectivity index (χ3n) is 4.66. The Morgan fingerprint density at radius 3 is 2.46 bits per heavy atom. The van der Waals surface area contributed by atoms with Crippen LogP contribution in [0.4, 0.5) is 8.78 Å². The lowest BCUT2D eigenvalue weighted by molar-refractivity contribution is 0.393. The molecule has 1 N–H and O–H groups in total. The quantitative estimate of drug-likeness (QED) is 0.525. The number of aryl methyl sites for hydroxylation is 3. The van der Waals surface area contributed by atoms with Crippen molar-refractivity contribution in [2.24, 2.45) is 0 Å². The molecule has 4 nitrogen and oxygen atoms in total. The van der Waals surface area contributed by atoms with Gasteiger partial charge in [0.05, 0.1) is 16.7 Å². The van der Waals surface area contributed by atoms with Crippen LogP contribution in [0.25, 0.3) is 33.3 Å². The minimum absolute atomic E-state index is 0.253. The second-order valence-corrected chi connectivity index (χ2v) is 6.48. The van der Waals surface area contributed by atoms with Crippen molar-refractivity contribution in [1.29, 1.82) is 0 Å². The van der Waals surface area contributed by atoms with E-state index in [-0.39, 0.29) is 5.56 Å². The fourth-order valence-electron chi connectivity index (χ4n) is 3.43. The van der Waals surface area contributed by atoms with Crippen molar-refractivity contribution in [3.63, 3.8) is 0 Å². The summed E-state index contributed by atoms with van der Waals surface area (Å²) in [6.45, 7) is 7.15. The first-order valence-electron chi connectivity index (χ1n) is 8.25. The number of benzene rings is 2. The second kappa shape index (κ2) is 5.76. The van der Waals surface area contributed by atoms with Crippen molar-refractivity contribution in [2.45, 2.75) is 27.7 Å². The third-order valence-corrected chi connectivity index (χ3v) is 4.66. The molecule has 0 bridgehead atoms. The van der Waals surface area contributed by atoms with Gasteiger partial charge < -0.3 is 9.51 Å². The van der Waals surface area contributed by atoms with E-state index in [4.69, 9.17) is 4.52 Å². The highest BCUT2D eigenvalue weighted by Crippen LogP contribution is 2.37. The molecular weight excluding hydrogens is 336 g/mol. The Kier molecular flexibility index (Phi) is 3.64. The lowest BCUT2D eigenvalue weighted by Crippen LogP contribution is -1.94. The Labute approximate surface area is 148 Å². The molecular formula is C20H17F2N3O. The molecule has 0 amide bonds. The van der Waals surface area contributed by atoms with E-state index in [0.717, 1.165) is 39.8 Å². The van der Waals surface area contributed by atoms with Gasteiger partial charge in [-0.15, -0.1) is 0 Å². The molecule has 0 saturated heterocycles. The average molecular weight is 353 g/mol. The number of nitrogens with one attached hydrogen (secondary N) is 1. The number of aromatic amines is 1. The number of fused-ring (bicyclic) bond motifs is 1. The summed E-state index contributed by atoms with van der Waals surface area (Å²) < 4.78 is 33.0. The summed E-state index contributed by atoms with van der Waals surface area (Å²) in [5, 5.41) is 4.01. The summed E-state index contributed by atoms with van der Waals surface area (Å²) in [7, 11) is 0. The largest absolute Gasteiger partial charge is 0.361 e. The molecule has 6 heteroatoms. The highest BCUT2D eigenvalue weighted by Gasteiger charge is 2.19. The van der Waals surface area contributed by atoms with E-state index in [2.05, 4.69) is 15.1 Å². The highest BCUT2D eigenvalue weighted by atomic mass is 19.2. The van der Waals surface area contributed by atoms with Gasteiger partial charge in [-0.2, -0.15) is 0 Å². The molecule has 4 aromatic rings. The zero-order valence-corrected chi connectivity index (χ0v) is 14.9. The Morgan fingerprint density at radius 1 is 1.00 bits per heavy atom. The van der Waals surface area contributed by atoms with Crippen molar-refractivity contribution in [1.82, 2.24) is 15.1 Å². The molecule has 0 radical (unpaired) electrons. The molecule has 0 aliphatic heterocycles. The first kappa shape index (κ1) is 16.4. The number of rotatable bonds is 2. The average Bonchev–Trinajstić information content (AvgIpc) is 3.13. The number of hydrogen-bond donors (Lipinski definition) is 1. The second-order valence-electron chi connectivity index (χ2n) is 6.48. The van der Waals surface area contributed by atoms with E-state index >= 15 is 0 Å². The summed E-state index contributed by atoms with van der Waals surface area (Å²) >= 11 is 0. The smallest absolute Gasteiger partial charge is 0.162 e. The van der Waals surface area contributed by atoms with Gasteiger partial charge in [0.1, 0.15) is 11.6 Å². The van der Waals surface area contributed by atoms with Crippen LogP contribution in [-0.4, -0.2) is 15.1 Å². The number of aromatic nitrogens is 3. The summed E-state index contributed by atoms with van der Waals surface area (Å²) in [5.41, 5.74) is 5.67. The molecule has 0 unspecified atom stereocenters. The Hall–Kier alpha value is -3.02. The maximum atomic E-state index is 14.2. The van der Waals surface area contributed by atoms with Crippen LogP contribution in [0.1, 0.15) is 22.8 Å². The van der Waals surface area contributed by atoms with Gasteiger partial charge in [-0.25, -0.2) is 13.8 Å². The number of halogens is 2. The van der Waals surface area contributed by atoms with Crippen molar-refractivity contribution >= 4 is 11.0 Å². The van der Waals surface area contributed by atoms with Crippen molar-refractivity contribution in [3.8, 4) is 22.3 Å². The van der Waals surface area contributed by atoms with Gasteiger partial charge in [0.2, 0.25) is 0 Å². The number of hydrogen-bond acceptors (Lipinski definition) is 3. The van der Waals surface area contributed by atoms with Crippen LogP contribution in [0.2, 0.25) is 0 Å². The van der Waals surface area contributed by atoms with Crippen LogP contribution in [-0.2, 0) is 0 Å². The standard InChI is InChI=1S/C20H17F2N3O/c1-9-14(5-6-16(21)19(9)22)15-7-13(18-10(2)25-26-11(18)3)8-17-20(15)24-12(4)23-17/h5-8H,1-4H3,(H,23,24). The number of imidazole rings is 1. The fourth-order valence-corrected chi connectivity index (χ4v) is 3.43. The van der Waals surface area contributed by atoms with E-state index in [1.807, 2.05) is 32.9 Å². The van der Waals surface area contributed by atoms with Gasteiger partial charge in [0.25, 0.3) is 0 Å². The normalized spacial score (nSPS) is 11.5. The van der Waals surface area contributed by atoms with Crippen LogP contribution in [0.3, 0.4) is 0 Å². The van der Waals surface area contributed by atoms with Crippen LogP contribution < -0.4 is 0 Å². The lowest BCUT2D eigenvalue weighted by atomic mass is 9.94. The van der Waals surface area contributed by atoms with Gasteiger partial charge in [0, 0.05) is 11.1 Å². The number of H-pyrrole nitrogens is 1. The van der Waals surface area contributed by atoms with Gasteiger partial charge >= 0.3 is 0 Å². The van der Waals surface area contributed by atoms with E-state index in [0.29, 0.717) is 16.8 Å². The monoisotopic (exact) mass is 353 g/mol. The Morgan fingerprint density at radius 2 is 1.77 bits per heavy atom. The maximum Gasteiger partial charge on any atom is 0.162 e. The summed E-state index contributed by atoms with van der Waals surface area (Å²) in [6, 6.07) is 6.63. The summed E-state index contributed by atoms with van der Waals surface area (Å²) in [5.74, 6) is -0.253. The maximum absolute atomic E-state index is 14.2. The van der Waals surface area contributed by atoms with Crippen LogP contribution in [0.5, 0.6) is 0 Å². The van der Waals surface area contributed by atoms with Crippen molar-refractivity contribution in [2.75, 3.05) is 0 Å². The first-order valence-corrected chi connectivity index (χ1v) is 8.25. The minimum Gasteiger partial charge on any atom is -0.361 e. The molecule has 2 heterocycles. The van der Waals surface area contributed by atoms with E-state index < -0.39 is 11.6 Å². The molecule has 0 saturated carbocycles. The fraction of sp³-hybridized carbons (Fsp3) is 0.200. The summed E-state index contributed by atoms with van der Waals surface area (Å²) in [6.07, 6.45) is 0. The Balaban J connectivity index is 2.07. The van der Waals surface area contributed by atoms with Crippen LogP contribution in [0, 0.1) is 39.3 Å². The van der Waals surface area contributed by atoms with Crippen LogP contribution >= 0.6 is 0 Å². The third kappa shape index (κ3) is 2.41. The molecule has 2 aromatic carbocycles. The van der Waals surface area contributed by atoms with Gasteiger partial charge in [-0.05, 0) is 62.6 Å². The molecule has 0 atom stereocenters. The van der Waals surface area contributed by atoms with Gasteiger partial charge in [0.15, 0.2) is 11.6 Å². The van der Waals surface area contributed by atoms with Crippen molar-refractivity contribution < 1.29 is 13.3 Å². The topological polar surface area (TPSA) is 54.7 Å². The zero-order valence-electron chi connectivity index (χ0n) is 14.9. The molecule has 4 rings (SSSR count). The molecule has 26 heavy (non-hydrogen) atoms. The highest BCUT2D eigenvalue weighted by molar-refractivity contribution is 5.97. The van der Waals surface area contributed by atoms with Gasteiger partial charge in [-0.1, -0.05) is 11.2 Å². The molecule has 2 aromatic heterocycles. The van der Waals surface area contributed by atoms with Crippen LogP contribution in [0.15, 0.2) is 28.8 Å². The van der Waals surface area contributed by atoms with E-state index in [1.165, 1.54) is 0 Å². The first-order chi connectivity index (χ1) is 12.4. The van der Waals surface area contributed by atoms with E-state index in [1.54, 1.807) is 13.0 Å². The Bertz CT molecular complexity index is 1140. The van der Waals surface area contributed by atoms with Crippen molar-refractivity contribution in [3.05, 3.63) is 58.7 Å². The molecule has 0 aliphatic carbocycles. The molecule has 0 spiro atoms. The lowest BCUT2D eigenvalue weighted by Gasteiger charge is -2.11. The van der Waals surface area contributed by atoms with E-state index in [9.17, 15) is 8.78 Å². The molecule has 132 valence electrons. The van der Waals surface area contributed by atoms with Gasteiger partial charge in [-0.3, -0.25) is 0 Å². The SMILES string of the molecule is Cc1nc2c(-c3ccc(F)c(F)c3C)cc(-c3c(C)noc3C)cc2[nH]1. The molecule has 0 aliphatic rings. The molecule has 0 fully saturated rings.